The topological polar surface area (TPSA) is 85.4 Å². The van der Waals surface area contributed by atoms with Crippen LogP contribution in [-0.4, -0.2) is 41.8 Å². The van der Waals surface area contributed by atoms with E-state index in [4.69, 9.17) is 11.6 Å². The molecule has 2 aromatic heterocycles. The molecule has 1 aliphatic carbocycles. The summed E-state index contributed by atoms with van der Waals surface area (Å²) in [5.41, 5.74) is 2.08. The van der Waals surface area contributed by atoms with E-state index in [2.05, 4.69) is 15.1 Å². The van der Waals surface area contributed by atoms with Crippen LogP contribution >= 0.6 is 11.6 Å². The zero-order valence-electron chi connectivity index (χ0n) is 16.1. The molecule has 154 valence electrons. The number of fused-ring (bicyclic) bond motifs is 1. The summed E-state index contributed by atoms with van der Waals surface area (Å²) in [6.07, 6.45) is 4.58. The van der Waals surface area contributed by atoms with Crippen LogP contribution in [0.2, 0.25) is 5.02 Å². The zero-order valence-corrected chi connectivity index (χ0v) is 16.9. The van der Waals surface area contributed by atoms with Gasteiger partial charge < -0.3 is 4.57 Å². The van der Waals surface area contributed by atoms with Crippen molar-refractivity contribution in [3.05, 3.63) is 57.6 Å². The molecule has 1 aromatic carbocycles. The average molecular weight is 429 g/mol. The minimum atomic E-state index is -0.431. The smallest absolute Gasteiger partial charge is 0.279 e. The van der Waals surface area contributed by atoms with Crippen molar-refractivity contribution < 1.29 is 9.18 Å². The molecule has 0 unspecified atom stereocenters. The molecule has 1 amide bonds. The van der Waals surface area contributed by atoms with Crippen molar-refractivity contribution in [1.82, 2.24) is 24.1 Å². The van der Waals surface area contributed by atoms with E-state index in [1.165, 1.54) is 22.0 Å². The third kappa shape index (κ3) is 3.09. The maximum Gasteiger partial charge on any atom is 0.279 e. The van der Waals surface area contributed by atoms with Crippen LogP contribution < -0.4 is 5.56 Å². The van der Waals surface area contributed by atoms with Gasteiger partial charge in [0.05, 0.1) is 36.1 Å². The standard InChI is InChI=1S/C20H18ClFN6O2/c1-26-9-23-19-18(26)20(30)27(10-24-19)8-13-7-17(29)28(25-13)14-4-12(5-14)11-2-3-15(21)16(22)6-11/h2-3,6,9-10,12,14H,4-5,7-8H2,1H3. The molecule has 0 saturated heterocycles. The highest BCUT2D eigenvalue weighted by molar-refractivity contribution is 6.30. The molecule has 1 saturated carbocycles. The number of hydrogen-bond acceptors (Lipinski definition) is 5. The Kier molecular flexibility index (Phi) is 4.43. The molecule has 30 heavy (non-hydrogen) atoms. The third-order valence-corrected chi connectivity index (χ3v) is 6.09. The van der Waals surface area contributed by atoms with Crippen molar-refractivity contribution in [2.45, 2.75) is 37.8 Å². The van der Waals surface area contributed by atoms with Crippen LogP contribution in [0.25, 0.3) is 11.2 Å². The van der Waals surface area contributed by atoms with Gasteiger partial charge in [-0.05, 0) is 36.5 Å². The molecular formula is C20H18ClFN6O2. The SMILES string of the molecule is Cn1cnc2ncn(CC3=NN(C4CC(c5ccc(Cl)c(F)c5)C4)C(=O)C3)c(=O)c21. The van der Waals surface area contributed by atoms with Crippen molar-refractivity contribution in [2.24, 2.45) is 12.1 Å². The van der Waals surface area contributed by atoms with Crippen LogP contribution in [-0.2, 0) is 18.4 Å². The van der Waals surface area contributed by atoms with Gasteiger partial charge in [0.2, 0.25) is 5.91 Å². The number of aromatic nitrogens is 4. The highest BCUT2D eigenvalue weighted by Crippen LogP contribution is 2.41. The molecule has 0 atom stereocenters. The first-order valence-electron chi connectivity index (χ1n) is 9.60. The van der Waals surface area contributed by atoms with E-state index in [9.17, 15) is 14.0 Å². The summed E-state index contributed by atoms with van der Waals surface area (Å²) in [4.78, 5) is 33.4. The number of carbonyl (C=O) groups is 1. The first-order chi connectivity index (χ1) is 14.4. The quantitative estimate of drug-likeness (QED) is 0.638. The summed E-state index contributed by atoms with van der Waals surface area (Å²) in [5.74, 6) is -0.342. The second-order valence-electron chi connectivity index (χ2n) is 7.78. The number of amides is 1. The highest BCUT2D eigenvalue weighted by atomic mass is 35.5. The number of halogens is 2. The van der Waals surface area contributed by atoms with Gasteiger partial charge >= 0.3 is 0 Å². The maximum absolute atomic E-state index is 13.7. The highest BCUT2D eigenvalue weighted by Gasteiger charge is 2.40. The lowest BCUT2D eigenvalue weighted by Gasteiger charge is -2.39. The largest absolute Gasteiger partial charge is 0.328 e. The van der Waals surface area contributed by atoms with E-state index in [0.717, 1.165) is 5.56 Å². The monoisotopic (exact) mass is 428 g/mol. The van der Waals surface area contributed by atoms with E-state index in [-0.39, 0.29) is 41.4 Å². The Morgan fingerprint density at radius 3 is 2.73 bits per heavy atom. The molecule has 1 aliphatic heterocycles. The minimum absolute atomic E-state index is 0.0202. The molecule has 10 heteroatoms. The lowest BCUT2D eigenvalue weighted by Crippen LogP contribution is -2.42. The van der Waals surface area contributed by atoms with Crippen molar-refractivity contribution in [2.75, 3.05) is 0 Å². The first kappa shape index (κ1) is 18.9. The molecule has 0 bridgehead atoms. The van der Waals surface area contributed by atoms with Crippen LogP contribution in [0.5, 0.6) is 0 Å². The molecule has 0 N–H and O–H groups in total. The maximum atomic E-state index is 13.7. The van der Waals surface area contributed by atoms with Gasteiger partial charge in [-0.2, -0.15) is 5.10 Å². The lowest BCUT2D eigenvalue weighted by atomic mass is 9.75. The number of benzene rings is 1. The van der Waals surface area contributed by atoms with Crippen molar-refractivity contribution in [1.29, 1.82) is 0 Å². The van der Waals surface area contributed by atoms with Crippen molar-refractivity contribution in [3.63, 3.8) is 0 Å². The fraction of sp³-hybridized carbons (Fsp3) is 0.350. The molecule has 8 nitrogen and oxygen atoms in total. The van der Waals surface area contributed by atoms with Gasteiger partial charge in [0.25, 0.3) is 5.56 Å². The molecule has 2 aliphatic rings. The Morgan fingerprint density at radius 1 is 1.20 bits per heavy atom. The van der Waals surface area contributed by atoms with Gasteiger partial charge in [-0.25, -0.2) is 19.4 Å². The molecule has 3 aromatic rings. The third-order valence-electron chi connectivity index (χ3n) is 5.79. The van der Waals surface area contributed by atoms with Gasteiger partial charge in [-0.15, -0.1) is 0 Å². The second kappa shape index (κ2) is 7.02. The molecule has 0 radical (unpaired) electrons. The molecule has 5 rings (SSSR count). The summed E-state index contributed by atoms with van der Waals surface area (Å²) in [6.45, 7) is 0.202. The van der Waals surface area contributed by atoms with Crippen LogP contribution in [0, 0.1) is 5.82 Å². The van der Waals surface area contributed by atoms with Crippen LogP contribution in [0.1, 0.15) is 30.7 Å². The first-order valence-corrected chi connectivity index (χ1v) is 9.98. The van der Waals surface area contributed by atoms with Crippen LogP contribution in [0.4, 0.5) is 4.39 Å². The number of nitrogens with zero attached hydrogens (tertiary/aromatic N) is 6. The Balaban J connectivity index is 1.30. The predicted molar refractivity (Wildman–Crippen MR) is 109 cm³/mol. The van der Waals surface area contributed by atoms with Gasteiger partial charge in [0, 0.05) is 7.05 Å². The van der Waals surface area contributed by atoms with E-state index in [0.29, 0.717) is 29.7 Å². The van der Waals surface area contributed by atoms with Crippen LogP contribution in [0.15, 0.2) is 40.7 Å². The number of rotatable bonds is 4. The van der Waals surface area contributed by atoms with Gasteiger partial charge in [0.1, 0.15) is 12.1 Å². The minimum Gasteiger partial charge on any atom is -0.328 e. The molecule has 0 spiro atoms. The lowest BCUT2D eigenvalue weighted by molar-refractivity contribution is -0.132. The van der Waals surface area contributed by atoms with Gasteiger partial charge in [-0.3, -0.25) is 14.2 Å². The van der Waals surface area contributed by atoms with E-state index < -0.39 is 5.82 Å². The van der Waals surface area contributed by atoms with Gasteiger partial charge in [-0.1, -0.05) is 17.7 Å². The number of hydrazone groups is 1. The summed E-state index contributed by atoms with van der Waals surface area (Å²) >= 11 is 5.75. The number of hydrogen-bond donors (Lipinski definition) is 0. The fourth-order valence-corrected chi connectivity index (χ4v) is 4.20. The average Bonchev–Trinajstić information content (AvgIpc) is 3.22. The number of aryl methyl sites for hydroxylation is 1. The molecule has 3 heterocycles. The summed E-state index contributed by atoms with van der Waals surface area (Å²) in [7, 11) is 1.74. The number of carbonyl (C=O) groups excluding carboxylic acids is 1. The van der Waals surface area contributed by atoms with E-state index >= 15 is 0 Å². The van der Waals surface area contributed by atoms with E-state index in [1.54, 1.807) is 24.0 Å². The van der Waals surface area contributed by atoms with Crippen molar-refractivity contribution >= 4 is 34.4 Å². The fourth-order valence-electron chi connectivity index (χ4n) is 4.08. The Labute approximate surface area is 175 Å². The zero-order chi connectivity index (χ0) is 21.0. The van der Waals surface area contributed by atoms with Gasteiger partial charge in [0.15, 0.2) is 11.2 Å². The van der Waals surface area contributed by atoms with E-state index in [1.807, 2.05) is 6.07 Å². The molecule has 1 fully saturated rings. The Bertz CT molecular complexity index is 1260. The summed E-state index contributed by atoms with van der Waals surface area (Å²) in [5, 5.41) is 6.09. The normalized spacial score (nSPS) is 21.2. The summed E-state index contributed by atoms with van der Waals surface area (Å²) < 4.78 is 16.8. The van der Waals surface area contributed by atoms with Crippen molar-refractivity contribution in [3.8, 4) is 0 Å². The predicted octanol–water partition coefficient (Wildman–Crippen LogP) is 2.46. The Morgan fingerprint density at radius 2 is 1.97 bits per heavy atom. The second-order valence-corrected chi connectivity index (χ2v) is 8.19. The summed E-state index contributed by atoms with van der Waals surface area (Å²) in [6, 6.07) is 4.81. The molecular weight excluding hydrogens is 411 g/mol. The Hall–Kier alpha value is -3.07. The number of imidazole rings is 1. The van der Waals surface area contributed by atoms with Crippen LogP contribution in [0.3, 0.4) is 0 Å².